The summed E-state index contributed by atoms with van der Waals surface area (Å²) in [6.07, 6.45) is 6.68. The first-order valence-corrected chi connectivity index (χ1v) is 8.21. The first-order valence-electron chi connectivity index (χ1n) is 8.21. The Morgan fingerprint density at radius 2 is 2.21 bits per heavy atom. The van der Waals surface area contributed by atoms with Crippen LogP contribution in [-0.4, -0.2) is 39.3 Å². The average molecular weight is 327 g/mol. The second kappa shape index (κ2) is 6.86. The van der Waals surface area contributed by atoms with E-state index in [2.05, 4.69) is 11.1 Å². The standard InChI is InChI=1S/C18H21N3O3/c1-3-20(14-8-4-5-9-14)17(22)12-24-18(23)15-11-21-13(2)7-6-10-16(21)19-15/h6-8,10-11H,3-5,9,12H2,1-2H3. The van der Waals surface area contributed by atoms with Crippen LogP contribution >= 0.6 is 0 Å². The molecule has 2 heterocycles. The van der Waals surface area contributed by atoms with E-state index in [4.69, 9.17) is 4.74 Å². The molecule has 0 saturated carbocycles. The van der Waals surface area contributed by atoms with Crippen LogP contribution in [0.2, 0.25) is 0 Å². The van der Waals surface area contributed by atoms with E-state index in [0.717, 1.165) is 30.7 Å². The number of hydrogen-bond donors (Lipinski definition) is 0. The topological polar surface area (TPSA) is 63.9 Å². The maximum Gasteiger partial charge on any atom is 0.359 e. The van der Waals surface area contributed by atoms with Crippen LogP contribution in [0.25, 0.3) is 5.65 Å². The second-order valence-corrected chi connectivity index (χ2v) is 5.82. The highest BCUT2D eigenvalue weighted by Gasteiger charge is 2.21. The molecule has 0 aromatic carbocycles. The molecule has 0 atom stereocenters. The zero-order valence-electron chi connectivity index (χ0n) is 14.0. The fraction of sp³-hybridized carbons (Fsp3) is 0.389. The number of imidazole rings is 1. The Hall–Kier alpha value is -2.63. The van der Waals surface area contributed by atoms with Gasteiger partial charge in [0.05, 0.1) is 0 Å². The van der Waals surface area contributed by atoms with Gasteiger partial charge in [0.1, 0.15) is 5.65 Å². The number of esters is 1. The van der Waals surface area contributed by atoms with Crippen molar-refractivity contribution in [3.63, 3.8) is 0 Å². The molecule has 1 amide bonds. The van der Waals surface area contributed by atoms with Crippen LogP contribution in [0.15, 0.2) is 36.2 Å². The van der Waals surface area contributed by atoms with Gasteiger partial charge in [-0.15, -0.1) is 0 Å². The minimum atomic E-state index is -0.581. The number of carbonyl (C=O) groups excluding carboxylic acids is 2. The quantitative estimate of drug-likeness (QED) is 0.792. The summed E-state index contributed by atoms with van der Waals surface area (Å²) in [5, 5.41) is 0. The summed E-state index contributed by atoms with van der Waals surface area (Å²) in [5.74, 6) is -0.776. The van der Waals surface area contributed by atoms with Crippen molar-refractivity contribution in [1.29, 1.82) is 0 Å². The van der Waals surface area contributed by atoms with Crippen LogP contribution in [0.5, 0.6) is 0 Å². The number of fused-ring (bicyclic) bond motifs is 1. The predicted molar refractivity (Wildman–Crippen MR) is 89.5 cm³/mol. The number of allylic oxidation sites excluding steroid dienone is 2. The molecular formula is C18H21N3O3. The van der Waals surface area contributed by atoms with Gasteiger partial charge in [0.25, 0.3) is 5.91 Å². The summed E-state index contributed by atoms with van der Waals surface area (Å²) in [6.45, 7) is 4.16. The third kappa shape index (κ3) is 3.18. The minimum absolute atomic E-state index is 0.195. The van der Waals surface area contributed by atoms with E-state index in [0.29, 0.717) is 12.2 Å². The van der Waals surface area contributed by atoms with Gasteiger partial charge in [0.15, 0.2) is 12.3 Å². The number of likely N-dealkylation sites (N-methyl/N-ethyl adjacent to an activating group) is 1. The molecule has 0 spiro atoms. The van der Waals surface area contributed by atoms with Gasteiger partial charge in [-0.3, -0.25) is 4.79 Å². The number of nitrogens with zero attached hydrogens (tertiary/aromatic N) is 3. The summed E-state index contributed by atoms with van der Waals surface area (Å²) >= 11 is 0. The predicted octanol–water partition coefficient (Wildman–Crippen LogP) is 2.72. The van der Waals surface area contributed by atoms with Crippen LogP contribution in [0.3, 0.4) is 0 Å². The smallest absolute Gasteiger partial charge is 0.359 e. The van der Waals surface area contributed by atoms with Gasteiger partial charge < -0.3 is 14.0 Å². The van der Waals surface area contributed by atoms with E-state index in [9.17, 15) is 9.59 Å². The van der Waals surface area contributed by atoms with E-state index in [1.807, 2.05) is 36.4 Å². The number of rotatable bonds is 5. The summed E-state index contributed by atoms with van der Waals surface area (Å²) in [5.41, 5.74) is 2.89. The first-order chi connectivity index (χ1) is 11.6. The summed E-state index contributed by atoms with van der Waals surface area (Å²) in [7, 11) is 0. The zero-order chi connectivity index (χ0) is 17.1. The van der Waals surface area contributed by atoms with Crippen molar-refractivity contribution in [3.05, 3.63) is 47.6 Å². The average Bonchev–Trinajstić information content (AvgIpc) is 3.23. The van der Waals surface area contributed by atoms with Crippen molar-refractivity contribution < 1.29 is 14.3 Å². The number of aromatic nitrogens is 2. The molecular weight excluding hydrogens is 306 g/mol. The van der Waals surface area contributed by atoms with E-state index in [1.165, 1.54) is 0 Å². The number of amides is 1. The molecule has 0 N–H and O–H groups in total. The Bertz CT molecular complexity index is 807. The minimum Gasteiger partial charge on any atom is -0.451 e. The molecule has 0 aliphatic heterocycles. The van der Waals surface area contributed by atoms with Crippen LogP contribution < -0.4 is 0 Å². The van der Waals surface area contributed by atoms with Gasteiger partial charge in [-0.1, -0.05) is 12.1 Å². The highest BCUT2D eigenvalue weighted by molar-refractivity contribution is 5.90. The van der Waals surface area contributed by atoms with Gasteiger partial charge >= 0.3 is 5.97 Å². The largest absolute Gasteiger partial charge is 0.451 e. The maximum atomic E-state index is 12.3. The lowest BCUT2D eigenvalue weighted by Crippen LogP contribution is -2.33. The van der Waals surface area contributed by atoms with Crippen molar-refractivity contribution >= 4 is 17.5 Å². The third-order valence-electron chi connectivity index (χ3n) is 4.21. The summed E-state index contributed by atoms with van der Waals surface area (Å²) < 4.78 is 6.99. The summed E-state index contributed by atoms with van der Waals surface area (Å²) in [4.78, 5) is 30.4. The lowest BCUT2D eigenvalue weighted by Gasteiger charge is -2.21. The molecule has 0 bridgehead atoms. The first kappa shape index (κ1) is 16.2. The Kier molecular flexibility index (Phi) is 4.64. The Morgan fingerprint density at radius 3 is 2.88 bits per heavy atom. The Labute approximate surface area is 140 Å². The SMILES string of the molecule is CCN(C(=O)COC(=O)c1cn2c(C)cccc2n1)C1=CCCC1. The molecule has 0 unspecified atom stereocenters. The molecule has 24 heavy (non-hydrogen) atoms. The Balaban J connectivity index is 1.65. The van der Waals surface area contributed by atoms with Gasteiger partial charge in [0.2, 0.25) is 0 Å². The summed E-state index contributed by atoms with van der Waals surface area (Å²) in [6, 6.07) is 5.63. The fourth-order valence-electron chi connectivity index (χ4n) is 2.96. The van der Waals surface area contributed by atoms with E-state index >= 15 is 0 Å². The molecule has 1 aliphatic rings. The van der Waals surface area contributed by atoms with E-state index in [-0.39, 0.29) is 18.2 Å². The van der Waals surface area contributed by atoms with E-state index in [1.54, 1.807) is 11.1 Å². The number of pyridine rings is 1. The molecule has 2 aromatic heterocycles. The van der Waals surface area contributed by atoms with Crippen LogP contribution in [0, 0.1) is 6.92 Å². The molecule has 0 saturated heterocycles. The molecule has 6 nitrogen and oxygen atoms in total. The fourth-order valence-corrected chi connectivity index (χ4v) is 2.96. The highest BCUT2D eigenvalue weighted by Crippen LogP contribution is 2.21. The lowest BCUT2D eigenvalue weighted by molar-refractivity contribution is -0.132. The van der Waals surface area contributed by atoms with Crippen molar-refractivity contribution in [2.75, 3.05) is 13.2 Å². The Morgan fingerprint density at radius 1 is 1.38 bits per heavy atom. The van der Waals surface area contributed by atoms with Crippen LogP contribution in [0.1, 0.15) is 42.4 Å². The normalized spacial score (nSPS) is 13.8. The van der Waals surface area contributed by atoms with Gasteiger partial charge in [0, 0.05) is 24.1 Å². The van der Waals surface area contributed by atoms with Crippen molar-refractivity contribution in [3.8, 4) is 0 Å². The third-order valence-corrected chi connectivity index (χ3v) is 4.21. The molecule has 1 aliphatic carbocycles. The zero-order valence-corrected chi connectivity index (χ0v) is 14.0. The van der Waals surface area contributed by atoms with E-state index < -0.39 is 5.97 Å². The monoisotopic (exact) mass is 327 g/mol. The highest BCUT2D eigenvalue weighted by atomic mass is 16.5. The van der Waals surface area contributed by atoms with Crippen LogP contribution in [0.4, 0.5) is 0 Å². The molecule has 6 heteroatoms. The number of ether oxygens (including phenoxy) is 1. The van der Waals surface area contributed by atoms with Crippen LogP contribution in [-0.2, 0) is 9.53 Å². The molecule has 126 valence electrons. The van der Waals surface area contributed by atoms with Crippen molar-refractivity contribution in [1.82, 2.24) is 14.3 Å². The molecule has 0 fully saturated rings. The van der Waals surface area contributed by atoms with Crippen molar-refractivity contribution in [2.45, 2.75) is 33.1 Å². The number of carbonyl (C=O) groups is 2. The van der Waals surface area contributed by atoms with Gasteiger partial charge in [-0.2, -0.15) is 0 Å². The van der Waals surface area contributed by atoms with Gasteiger partial charge in [-0.05, 0) is 45.2 Å². The number of hydrogen-bond acceptors (Lipinski definition) is 4. The number of aryl methyl sites for hydroxylation is 1. The molecule has 3 rings (SSSR count). The van der Waals surface area contributed by atoms with Crippen molar-refractivity contribution in [2.24, 2.45) is 0 Å². The molecule has 0 radical (unpaired) electrons. The lowest BCUT2D eigenvalue weighted by atomic mass is 10.3. The van der Waals surface area contributed by atoms with Gasteiger partial charge in [-0.25, -0.2) is 9.78 Å². The maximum absolute atomic E-state index is 12.3. The molecule has 2 aromatic rings. The second-order valence-electron chi connectivity index (χ2n) is 5.82.